The summed E-state index contributed by atoms with van der Waals surface area (Å²) in [7, 11) is 0. The fourth-order valence-corrected chi connectivity index (χ4v) is 2.86. The summed E-state index contributed by atoms with van der Waals surface area (Å²) in [5, 5.41) is 2.78. The predicted octanol–water partition coefficient (Wildman–Crippen LogP) is 3.95. The van der Waals surface area contributed by atoms with Crippen molar-refractivity contribution in [2.45, 2.75) is 52.4 Å². The van der Waals surface area contributed by atoms with Crippen molar-refractivity contribution < 1.29 is 19.1 Å². The minimum Gasteiger partial charge on any atom is -0.483 e. The minimum atomic E-state index is -0.475. The third-order valence-electron chi connectivity index (χ3n) is 4.56. The predicted molar refractivity (Wildman–Crippen MR) is 121 cm³/mol. The van der Waals surface area contributed by atoms with Gasteiger partial charge in [0.2, 0.25) is 5.91 Å². The second-order valence-electron chi connectivity index (χ2n) is 8.27. The van der Waals surface area contributed by atoms with Crippen molar-refractivity contribution in [3.63, 3.8) is 0 Å². The van der Waals surface area contributed by atoms with Gasteiger partial charge >= 0.3 is 0 Å². The molecule has 0 aliphatic rings. The number of nitrogens with one attached hydrogen (secondary N) is 3. The van der Waals surface area contributed by atoms with E-state index in [4.69, 9.17) is 4.74 Å². The maximum atomic E-state index is 12.2. The van der Waals surface area contributed by atoms with E-state index in [1.807, 2.05) is 31.2 Å². The summed E-state index contributed by atoms with van der Waals surface area (Å²) in [6, 6.07) is 14.0. The van der Waals surface area contributed by atoms with Crippen molar-refractivity contribution in [1.82, 2.24) is 10.9 Å². The van der Waals surface area contributed by atoms with E-state index in [2.05, 4.69) is 36.9 Å². The third kappa shape index (κ3) is 7.77. The molecule has 0 saturated carbocycles. The van der Waals surface area contributed by atoms with Gasteiger partial charge in [0, 0.05) is 17.7 Å². The van der Waals surface area contributed by atoms with Crippen LogP contribution in [0.1, 0.15) is 62.9 Å². The van der Waals surface area contributed by atoms with Gasteiger partial charge in [0.05, 0.1) is 0 Å². The first kappa shape index (κ1) is 23.9. The van der Waals surface area contributed by atoms with E-state index in [-0.39, 0.29) is 17.9 Å². The van der Waals surface area contributed by atoms with Crippen LogP contribution in [0.25, 0.3) is 0 Å². The summed E-state index contributed by atoms with van der Waals surface area (Å²) in [6.45, 7) is 8.00. The van der Waals surface area contributed by atoms with Crippen LogP contribution in [0.3, 0.4) is 0 Å². The lowest BCUT2D eigenvalue weighted by Gasteiger charge is -2.22. The van der Waals surface area contributed by atoms with Gasteiger partial charge in [-0.1, -0.05) is 52.3 Å². The summed E-state index contributed by atoms with van der Waals surface area (Å²) in [6.07, 6.45) is 2.25. The van der Waals surface area contributed by atoms with E-state index in [0.717, 1.165) is 18.4 Å². The SMILES string of the molecule is CCCCC(=O)Nc1ccc(C(=O)NNC(=O)COc2ccccc2C(C)(C)C)cc1. The number of rotatable bonds is 8. The zero-order valence-electron chi connectivity index (χ0n) is 18.6. The number of para-hydroxylation sites is 1. The fourth-order valence-electron chi connectivity index (χ4n) is 2.86. The van der Waals surface area contributed by atoms with Crippen LogP contribution in [0.5, 0.6) is 5.75 Å². The standard InChI is InChI=1S/C24H31N3O4/c1-5-6-11-21(28)25-18-14-12-17(13-15-18)23(30)27-26-22(29)16-31-20-10-8-7-9-19(20)24(2,3)4/h7-10,12-15H,5-6,11,16H2,1-4H3,(H,25,28)(H,26,29)(H,27,30). The minimum absolute atomic E-state index is 0.0562. The van der Waals surface area contributed by atoms with Gasteiger partial charge in [-0.25, -0.2) is 0 Å². The molecule has 0 radical (unpaired) electrons. The highest BCUT2D eigenvalue weighted by atomic mass is 16.5. The number of benzene rings is 2. The number of carbonyl (C=O) groups is 3. The first-order valence-electron chi connectivity index (χ1n) is 10.4. The van der Waals surface area contributed by atoms with E-state index < -0.39 is 11.8 Å². The lowest BCUT2D eigenvalue weighted by molar-refractivity contribution is -0.123. The topological polar surface area (TPSA) is 96.5 Å². The van der Waals surface area contributed by atoms with Gasteiger partial charge < -0.3 is 10.1 Å². The molecule has 2 aromatic rings. The normalized spacial score (nSPS) is 10.8. The summed E-state index contributed by atoms with van der Waals surface area (Å²) >= 11 is 0. The fraction of sp³-hybridized carbons (Fsp3) is 0.375. The zero-order valence-corrected chi connectivity index (χ0v) is 18.6. The Bertz CT molecular complexity index is 902. The molecule has 0 atom stereocenters. The van der Waals surface area contributed by atoms with E-state index in [1.165, 1.54) is 0 Å². The second-order valence-corrected chi connectivity index (χ2v) is 8.27. The van der Waals surface area contributed by atoms with Gasteiger partial charge in [-0.15, -0.1) is 0 Å². The molecule has 0 saturated heterocycles. The molecule has 0 bridgehead atoms. The molecule has 3 N–H and O–H groups in total. The molecule has 2 rings (SSSR count). The summed E-state index contributed by atoms with van der Waals surface area (Å²) in [5.74, 6) is -0.364. The molecule has 7 nitrogen and oxygen atoms in total. The van der Waals surface area contributed by atoms with Gasteiger partial charge in [-0.2, -0.15) is 0 Å². The molecule has 0 aromatic heterocycles. The molecule has 0 heterocycles. The first-order valence-corrected chi connectivity index (χ1v) is 10.4. The van der Waals surface area contributed by atoms with Crippen LogP contribution in [0.4, 0.5) is 5.69 Å². The number of carbonyl (C=O) groups excluding carboxylic acids is 3. The Balaban J connectivity index is 1.82. The summed E-state index contributed by atoms with van der Waals surface area (Å²) in [4.78, 5) is 36.1. The number of hydrogen-bond donors (Lipinski definition) is 3. The molecule has 0 aliphatic heterocycles. The van der Waals surface area contributed by atoms with Crippen molar-refractivity contribution in [3.8, 4) is 5.75 Å². The molecule has 166 valence electrons. The highest BCUT2D eigenvalue weighted by molar-refractivity contribution is 5.96. The van der Waals surface area contributed by atoms with E-state index >= 15 is 0 Å². The maximum Gasteiger partial charge on any atom is 0.276 e. The van der Waals surface area contributed by atoms with Crippen LogP contribution in [0, 0.1) is 0 Å². The summed E-state index contributed by atoms with van der Waals surface area (Å²) < 4.78 is 5.64. The number of hydrazine groups is 1. The Morgan fingerprint density at radius 1 is 0.903 bits per heavy atom. The first-order chi connectivity index (χ1) is 14.7. The Labute approximate surface area is 183 Å². The molecular weight excluding hydrogens is 394 g/mol. The number of amides is 3. The third-order valence-corrected chi connectivity index (χ3v) is 4.56. The molecular formula is C24H31N3O4. The highest BCUT2D eigenvalue weighted by Gasteiger charge is 2.19. The van der Waals surface area contributed by atoms with Crippen molar-refractivity contribution in [1.29, 1.82) is 0 Å². The van der Waals surface area contributed by atoms with Crippen LogP contribution in [0.2, 0.25) is 0 Å². The smallest absolute Gasteiger partial charge is 0.276 e. The second kappa shape index (κ2) is 11.2. The van der Waals surface area contributed by atoms with Crippen LogP contribution < -0.4 is 20.9 Å². The van der Waals surface area contributed by atoms with Crippen molar-refractivity contribution >= 4 is 23.4 Å². The molecule has 0 spiro atoms. The number of hydrogen-bond acceptors (Lipinski definition) is 4. The van der Waals surface area contributed by atoms with Crippen LogP contribution >= 0.6 is 0 Å². The van der Waals surface area contributed by atoms with Crippen LogP contribution in [0.15, 0.2) is 48.5 Å². The molecule has 0 unspecified atom stereocenters. The molecule has 0 fully saturated rings. The average molecular weight is 426 g/mol. The number of ether oxygens (including phenoxy) is 1. The summed E-state index contributed by atoms with van der Waals surface area (Å²) in [5.41, 5.74) is 6.55. The molecule has 3 amide bonds. The van der Waals surface area contributed by atoms with Gasteiger partial charge in [0.25, 0.3) is 11.8 Å². The largest absolute Gasteiger partial charge is 0.483 e. The van der Waals surface area contributed by atoms with Gasteiger partial charge in [0.1, 0.15) is 5.75 Å². The van der Waals surface area contributed by atoms with E-state index in [9.17, 15) is 14.4 Å². The average Bonchev–Trinajstić information content (AvgIpc) is 2.74. The Kier molecular flexibility index (Phi) is 8.61. The molecule has 7 heteroatoms. The van der Waals surface area contributed by atoms with Crippen molar-refractivity contribution in [3.05, 3.63) is 59.7 Å². The van der Waals surface area contributed by atoms with Gasteiger partial charge in [-0.3, -0.25) is 25.2 Å². The number of anilines is 1. The van der Waals surface area contributed by atoms with E-state index in [1.54, 1.807) is 24.3 Å². The highest BCUT2D eigenvalue weighted by Crippen LogP contribution is 2.30. The quantitative estimate of drug-likeness (QED) is 0.558. The van der Waals surface area contributed by atoms with Crippen molar-refractivity contribution in [2.75, 3.05) is 11.9 Å². The maximum absolute atomic E-state index is 12.2. The molecule has 31 heavy (non-hydrogen) atoms. The van der Waals surface area contributed by atoms with Gasteiger partial charge in [0.15, 0.2) is 6.61 Å². The molecule has 0 aliphatic carbocycles. The zero-order chi connectivity index (χ0) is 22.9. The monoisotopic (exact) mass is 425 g/mol. The van der Waals surface area contributed by atoms with Gasteiger partial charge in [-0.05, 0) is 47.7 Å². The van der Waals surface area contributed by atoms with Crippen LogP contribution in [-0.4, -0.2) is 24.3 Å². The van der Waals surface area contributed by atoms with E-state index in [0.29, 0.717) is 23.4 Å². The lowest BCUT2D eigenvalue weighted by Crippen LogP contribution is -2.43. The van der Waals surface area contributed by atoms with Crippen LogP contribution in [-0.2, 0) is 15.0 Å². The lowest BCUT2D eigenvalue weighted by atomic mass is 9.86. The Morgan fingerprint density at radius 3 is 2.23 bits per heavy atom. The molecule has 2 aromatic carbocycles. The number of unbranched alkanes of at least 4 members (excludes halogenated alkanes) is 1. The van der Waals surface area contributed by atoms with Crippen molar-refractivity contribution in [2.24, 2.45) is 0 Å². The Hall–Kier alpha value is -3.35. The Morgan fingerprint density at radius 2 is 1.58 bits per heavy atom.